The summed E-state index contributed by atoms with van der Waals surface area (Å²) in [6.45, 7) is 2.29. The summed E-state index contributed by atoms with van der Waals surface area (Å²) in [6, 6.07) is 12.5. The molecule has 5 nitrogen and oxygen atoms in total. The van der Waals surface area contributed by atoms with E-state index in [1.165, 1.54) is 11.8 Å². The van der Waals surface area contributed by atoms with Crippen molar-refractivity contribution in [1.82, 2.24) is 5.32 Å². The van der Waals surface area contributed by atoms with Crippen molar-refractivity contribution in [2.45, 2.75) is 6.92 Å². The Hall–Kier alpha value is -2.25. The first kappa shape index (κ1) is 17.6. The molecule has 128 valence electrons. The van der Waals surface area contributed by atoms with Crippen LogP contribution < -0.4 is 10.1 Å². The monoisotopic (exact) mass is 418 g/mol. The van der Waals surface area contributed by atoms with Gasteiger partial charge in [-0.1, -0.05) is 28.1 Å². The van der Waals surface area contributed by atoms with Crippen molar-refractivity contribution in [2.75, 3.05) is 6.61 Å². The number of nitrogens with one attached hydrogen (secondary N) is 1. The number of carbonyl (C=O) groups excluding carboxylic acids is 1. The molecular formula is C18H15BrN2O3S. The number of hydrogen-bond donors (Lipinski definition) is 2. The molecule has 7 heteroatoms. The minimum Gasteiger partial charge on any atom is -0.504 e. The highest BCUT2D eigenvalue weighted by molar-refractivity contribution is 9.10. The molecule has 0 spiro atoms. The quantitative estimate of drug-likeness (QED) is 0.719. The predicted molar refractivity (Wildman–Crippen MR) is 104 cm³/mol. The van der Waals surface area contributed by atoms with Gasteiger partial charge in [0.2, 0.25) is 0 Å². The first-order chi connectivity index (χ1) is 12.0. The highest BCUT2D eigenvalue weighted by Crippen LogP contribution is 2.32. The number of benzene rings is 2. The number of aromatic hydroxyl groups is 1. The minimum absolute atomic E-state index is 0.0735. The lowest BCUT2D eigenvalue weighted by atomic mass is 10.2. The third kappa shape index (κ3) is 4.43. The van der Waals surface area contributed by atoms with Crippen molar-refractivity contribution in [3.63, 3.8) is 0 Å². The molecule has 0 aliphatic carbocycles. The second-order valence-corrected chi connectivity index (χ2v) is 7.07. The SMILES string of the molecule is CCOc1cc(C=C2SC(=Nc3cccc(Br)c3)NC2=O)ccc1O. The zero-order chi connectivity index (χ0) is 17.8. The lowest BCUT2D eigenvalue weighted by Crippen LogP contribution is -2.19. The van der Waals surface area contributed by atoms with Crippen LogP contribution >= 0.6 is 27.7 Å². The number of aliphatic imine (C=N–C) groups is 1. The van der Waals surface area contributed by atoms with Crippen molar-refractivity contribution < 1.29 is 14.6 Å². The summed E-state index contributed by atoms with van der Waals surface area (Å²) in [5.74, 6) is 0.262. The van der Waals surface area contributed by atoms with Gasteiger partial charge in [-0.15, -0.1) is 0 Å². The first-order valence-corrected chi connectivity index (χ1v) is 9.17. The number of amides is 1. The Bertz CT molecular complexity index is 880. The molecular weight excluding hydrogens is 404 g/mol. The van der Waals surface area contributed by atoms with Crippen LogP contribution in [0.2, 0.25) is 0 Å². The van der Waals surface area contributed by atoms with E-state index in [0.717, 1.165) is 15.7 Å². The molecule has 1 aliphatic heterocycles. The van der Waals surface area contributed by atoms with E-state index >= 15 is 0 Å². The van der Waals surface area contributed by atoms with Gasteiger partial charge in [0, 0.05) is 4.47 Å². The molecule has 1 fully saturated rings. The molecule has 0 saturated carbocycles. The lowest BCUT2D eigenvalue weighted by molar-refractivity contribution is -0.115. The zero-order valence-corrected chi connectivity index (χ0v) is 15.7. The molecule has 0 unspecified atom stereocenters. The predicted octanol–water partition coefficient (Wildman–Crippen LogP) is 4.45. The summed E-state index contributed by atoms with van der Waals surface area (Å²) in [5, 5.41) is 13.0. The van der Waals surface area contributed by atoms with Crippen molar-refractivity contribution >= 4 is 50.5 Å². The molecule has 1 amide bonds. The van der Waals surface area contributed by atoms with E-state index in [1.54, 1.807) is 24.3 Å². The maximum absolute atomic E-state index is 12.2. The number of nitrogens with zero attached hydrogens (tertiary/aromatic N) is 1. The highest BCUT2D eigenvalue weighted by atomic mass is 79.9. The van der Waals surface area contributed by atoms with Gasteiger partial charge in [0.25, 0.3) is 5.91 Å². The topological polar surface area (TPSA) is 70.9 Å². The standard InChI is InChI=1S/C18H15BrN2O3S/c1-2-24-15-8-11(6-7-14(15)22)9-16-17(23)21-18(25-16)20-13-5-3-4-12(19)10-13/h3-10,22H,2H2,1H3,(H,20,21,23). The summed E-state index contributed by atoms with van der Waals surface area (Å²) in [6.07, 6.45) is 1.74. The Morgan fingerprint density at radius 2 is 2.16 bits per heavy atom. The van der Waals surface area contributed by atoms with Gasteiger partial charge in [0.15, 0.2) is 16.7 Å². The van der Waals surface area contributed by atoms with Gasteiger partial charge < -0.3 is 15.2 Å². The molecule has 0 aromatic heterocycles. The fraction of sp³-hybridized carbons (Fsp3) is 0.111. The van der Waals surface area contributed by atoms with Crippen molar-refractivity contribution in [2.24, 2.45) is 4.99 Å². The summed E-state index contributed by atoms with van der Waals surface area (Å²) < 4.78 is 6.29. The molecule has 2 N–H and O–H groups in total. The van der Waals surface area contributed by atoms with Gasteiger partial charge in [0.1, 0.15) is 0 Å². The van der Waals surface area contributed by atoms with Crippen LogP contribution in [0, 0.1) is 0 Å². The van der Waals surface area contributed by atoms with E-state index < -0.39 is 0 Å². The van der Waals surface area contributed by atoms with Crippen molar-refractivity contribution in [3.05, 3.63) is 57.4 Å². The molecule has 3 rings (SSSR count). The largest absolute Gasteiger partial charge is 0.504 e. The van der Waals surface area contributed by atoms with Crippen molar-refractivity contribution in [3.8, 4) is 11.5 Å². The Kier molecular flexibility index (Phi) is 5.45. The zero-order valence-electron chi connectivity index (χ0n) is 13.3. The molecule has 2 aromatic rings. The normalized spacial score (nSPS) is 17.1. The lowest BCUT2D eigenvalue weighted by Gasteiger charge is -2.06. The first-order valence-electron chi connectivity index (χ1n) is 7.56. The van der Waals surface area contributed by atoms with Gasteiger partial charge in [-0.2, -0.15) is 0 Å². The molecule has 0 bridgehead atoms. The van der Waals surface area contributed by atoms with Crippen LogP contribution in [0.15, 0.2) is 56.8 Å². The summed E-state index contributed by atoms with van der Waals surface area (Å²) in [7, 11) is 0. The summed E-state index contributed by atoms with van der Waals surface area (Å²) in [5.41, 5.74) is 1.52. The number of thioether (sulfide) groups is 1. The fourth-order valence-electron chi connectivity index (χ4n) is 2.19. The molecule has 0 atom stereocenters. The summed E-state index contributed by atoms with van der Waals surface area (Å²) >= 11 is 4.67. The van der Waals surface area contributed by atoms with Crippen molar-refractivity contribution in [1.29, 1.82) is 0 Å². The summed E-state index contributed by atoms with van der Waals surface area (Å²) in [4.78, 5) is 17.1. The minimum atomic E-state index is -0.204. The number of carbonyl (C=O) groups is 1. The van der Waals surface area contributed by atoms with Crippen LogP contribution in [0.1, 0.15) is 12.5 Å². The molecule has 1 heterocycles. The van der Waals surface area contributed by atoms with E-state index in [2.05, 4.69) is 26.2 Å². The molecule has 1 saturated heterocycles. The number of phenols is 1. The number of ether oxygens (including phenoxy) is 1. The maximum Gasteiger partial charge on any atom is 0.264 e. The number of hydrogen-bond acceptors (Lipinski definition) is 5. The van der Waals surface area contributed by atoms with Crippen LogP contribution in [0.25, 0.3) is 6.08 Å². The van der Waals surface area contributed by atoms with E-state index in [1.807, 2.05) is 31.2 Å². The second-order valence-electron chi connectivity index (χ2n) is 5.12. The van der Waals surface area contributed by atoms with Crippen LogP contribution in [-0.2, 0) is 4.79 Å². The number of amidine groups is 1. The fourth-order valence-corrected chi connectivity index (χ4v) is 3.42. The van der Waals surface area contributed by atoms with E-state index in [0.29, 0.717) is 22.4 Å². The van der Waals surface area contributed by atoms with Gasteiger partial charge >= 0.3 is 0 Å². The van der Waals surface area contributed by atoms with E-state index in [4.69, 9.17) is 4.74 Å². The van der Waals surface area contributed by atoms with Crippen LogP contribution in [0.3, 0.4) is 0 Å². The average molecular weight is 419 g/mol. The Balaban J connectivity index is 1.83. The van der Waals surface area contributed by atoms with Gasteiger partial charge in [-0.25, -0.2) is 4.99 Å². The highest BCUT2D eigenvalue weighted by Gasteiger charge is 2.24. The average Bonchev–Trinajstić information content (AvgIpc) is 2.90. The number of phenolic OH excluding ortho intramolecular Hbond substituents is 1. The van der Waals surface area contributed by atoms with Crippen LogP contribution in [0.5, 0.6) is 11.5 Å². The molecule has 0 radical (unpaired) electrons. The van der Waals surface area contributed by atoms with Gasteiger partial charge in [0.05, 0.1) is 17.2 Å². The Morgan fingerprint density at radius 1 is 1.32 bits per heavy atom. The Labute approximate surface area is 157 Å². The van der Waals surface area contributed by atoms with Crippen LogP contribution in [-0.4, -0.2) is 22.8 Å². The third-order valence-corrected chi connectivity index (χ3v) is 4.67. The Morgan fingerprint density at radius 3 is 2.92 bits per heavy atom. The van der Waals surface area contributed by atoms with Crippen LogP contribution in [0.4, 0.5) is 5.69 Å². The second kappa shape index (κ2) is 7.76. The number of rotatable bonds is 4. The van der Waals surface area contributed by atoms with Gasteiger partial charge in [-0.05, 0) is 60.7 Å². The van der Waals surface area contributed by atoms with E-state index in [9.17, 15) is 9.90 Å². The maximum atomic E-state index is 12.2. The van der Waals surface area contributed by atoms with E-state index in [-0.39, 0.29) is 11.7 Å². The molecule has 1 aliphatic rings. The molecule has 2 aromatic carbocycles. The number of halogens is 1. The van der Waals surface area contributed by atoms with Gasteiger partial charge in [-0.3, -0.25) is 4.79 Å². The smallest absolute Gasteiger partial charge is 0.264 e. The molecule has 25 heavy (non-hydrogen) atoms. The third-order valence-electron chi connectivity index (χ3n) is 3.27.